The van der Waals surface area contributed by atoms with Gasteiger partial charge in [-0.1, -0.05) is 162 Å². The predicted octanol–water partition coefficient (Wildman–Crippen LogP) is 9.96. The summed E-state index contributed by atoms with van der Waals surface area (Å²) in [7, 11) is 0. The summed E-state index contributed by atoms with van der Waals surface area (Å²) in [5, 5.41) is 0. The Morgan fingerprint density at radius 1 is 0.379 bits per heavy atom. The molecule has 0 aromatic carbocycles. The molecule has 1 nitrogen and oxygen atoms in total. The highest BCUT2D eigenvalue weighted by molar-refractivity contribution is 4.60. The smallest absolute Gasteiger partial charge is 0.00746 e. The quantitative estimate of drug-likeness (QED) is 0.149. The molecule has 0 aliphatic heterocycles. The normalized spacial score (nSPS) is 12.5. The predicted molar refractivity (Wildman–Crippen MR) is 135 cm³/mol. The molecule has 2 N–H and O–H groups in total. The molecule has 1 atom stereocenters. The molecular formula is C28H59N. The summed E-state index contributed by atoms with van der Waals surface area (Å²) in [6.07, 6.45) is 34.7. The maximum Gasteiger partial charge on any atom is -0.00746 e. The van der Waals surface area contributed by atoms with E-state index >= 15 is 0 Å². The van der Waals surface area contributed by atoms with E-state index in [9.17, 15) is 0 Å². The molecule has 1 heteroatoms. The number of rotatable bonds is 25. The van der Waals surface area contributed by atoms with Crippen LogP contribution >= 0.6 is 0 Å². The summed E-state index contributed by atoms with van der Waals surface area (Å²) in [5.41, 5.74) is 5.74. The van der Waals surface area contributed by atoms with Gasteiger partial charge in [0, 0.05) is 0 Å². The van der Waals surface area contributed by atoms with E-state index in [0.717, 1.165) is 12.5 Å². The number of hydrogen-bond donors (Lipinski definition) is 1. The second-order valence-corrected chi connectivity index (χ2v) is 9.74. The van der Waals surface area contributed by atoms with Crippen molar-refractivity contribution in [1.29, 1.82) is 0 Å². The Balaban J connectivity index is 3.11. The molecule has 0 aromatic heterocycles. The zero-order chi connectivity index (χ0) is 21.3. The van der Waals surface area contributed by atoms with Crippen molar-refractivity contribution in [3.05, 3.63) is 0 Å². The van der Waals surface area contributed by atoms with Crippen molar-refractivity contribution >= 4 is 0 Å². The summed E-state index contributed by atoms with van der Waals surface area (Å²) >= 11 is 0. The van der Waals surface area contributed by atoms with Crippen LogP contribution in [0.3, 0.4) is 0 Å². The average Bonchev–Trinajstić information content (AvgIpc) is 2.72. The Morgan fingerprint density at radius 2 is 0.724 bits per heavy atom. The first-order chi connectivity index (χ1) is 14.3. The molecule has 29 heavy (non-hydrogen) atoms. The molecular weight excluding hydrogens is 350 g/mol. The van der Waals surface area contributed by atoms with Crippen molar-refractivity contribution in [3.63, 3.8) is 0 Å². The maximum atomic E-state index is 5.74. The summed E-state index contributed by atoms with van der Waals surface area (Å²) in [5.74, 6) is 0.903. The third-order valence-corrected chi connectivity index (χ3v) is 6.74. The first kappa shape index (κ1) is 29.0. The lowest BCUT2D eigenvalue weighted by Crippen LogP contribution is -2.08. The van der Waals surface area contributed by atoms with E-state index < -0.39 is 0 Å². The molecule has 0 bridgehead atoms. The highest BCUT2D eigenvalue weighted by Crippen LogP contribution is 2.20. The van der Waals surface area contributed by atoms with Crippen LogP contribution in [0.15, 0.2) is 0 Å². The molecule has 0 saturated carbocycles. The van der Waals surface area contributed by atoms with Gasteiger partial charge in [0.2, 0.25) is 0 Å². The number of unbranched alkanes of at least 4 members (excludes halogenated alkanes) is 19. The van der Waals surface area contributed by atoms with Crippen LogP contribution in [0.5, 0.6) is 0 Å². The monoisotopic (exact) mass is 409 g/mol. The fraction of sp³-hybridized carbons (Fsp3) is 1.00. The Bertz CT molecular complexity index is 269. The lowest BCUT2D eigenvalue weighted by molar-refractivity contribution is 0.398. The average molecular weight is 410 g/mol. The van der Waals surface area contributed by atoms with Gasteiger partial charge >= 0.3 is 0 Å². The van der Waals surface area contributed by atoms with Gasteiger partial charge in [-0.05, 0) is 18.9 Å². The molecule has 0 radical (unpaired) electrons. The highest BCUT2D eigenvalue weighted by atomic mass is 14.5. The topological polar surface area (TPSA) is 26.0 Å². The SMILES string of the molecule is CCCCCCCCCCCCCCCCCCCCCCC(CCC)CCN. The lowest BCUT2D eigenvalue weighted by Gasteiger charge is -2.14. The highest BCUT2D eigenvalue weighted by Gasteiger charge is 2.06. The summed E-state index contributed by atoms with van der Waals surface area (Å²) in [4.78, 5) is 0. The zero-order valence-corrected chi connectivity index (χ0v) is 20.8. The molecule has 0 amide bonds. The van der Waals surface area contributed by atoms with E-state index in [1.165, 1.54) is 154 Å². The van der Waals surface area contributed by atoms with Crippen LogP contribution in [0.1, 0.15) is 168 Å². The van der Waals surface area contributed by atoms with Crippen LogP contribution in [0.25, 0.3) is 0 Å². The van der Waals surface area contributed by atoms with Crippen molar-refractivity contribution in [2.45, 2.75) is 168 Å². The first-order valence-electron chi connectivity index (χ1n) is 14.0. The second kappa shape index (κ2) is 26.0. The van der Waals surface area contributed by atoms with Gasteiger partial charge in [0.05, 0.1) is 0 Å². The van der Waals surface area contributed by atoms with Crippen LogP contribution in [-0.2, 0) is 0 Å². The molecule has 0 spiro atoms. The van der Waals surface area contributed by atoms with E-state index in [4.69, 9.17) is 5.73 Å². The van der Waals surface area contributed by atoms with E-state index in [1.54, 1.807) is 0 Å². The molecule has 0 fully saturated rings. The molecule has 0 aliphatic carbocycles. The summed E-state index contributed by atoms with van der Waals surface area (Å²) in [6.45, 7) is 5.49. The van der Waals surface area contributed by atoms with E-state index in [0.29, 0.717) is 0 Å². The van der Waals surface area contributed by atoms with Crippen molar-refractivity contribution < 1.29 is 0 Å². The second-order valence-electron chi connectivity index (χ2n) is 9.74. The fourth-order valence-corrected chi connectivity index (χ4v) is 4.77. The molecule has 176 valence electrons. The maximum absolute atomic E-state index is 5.74. The van der Waals surface area contributed by atoms with Crippen molar-refractivity contribution in [3.8, 4) is 0 Å². The minimum atomic E-state index is 0.879. The molecule has 0 aromatic rings. The van der Waals surface area contributed by atoms with Gasteiger partial charge in [-0.15, -0.1) is 0 Å². The molecule has 0 saturated heterocycles. The van der Waals surface area contributed by atoms with Crippen molar-refractivity contribution in [2.75, 3.05) is 6.54 Å². The van der Waals surface area contributed by atoms with E-state index in [2.05, 4.69) is 13.8 Å². The van der Waals surface area contributed by atoms with Gasteiger partial charge < -0.3 is 5.73 Å². The largest absolute Gasteiger partial charge is 0.330 e. The summed E-state index contributed by atoms with van der Waals surface area (Å²) < 4.78 is 0. The van der Waals surface area contributed by atoms with Gasteiger partial charge in [0.15, 0.2) is 0 Å². The fourth-order valence-electron chi connectivity index (χ4n) is 4.77. The van der Waals surface area contributed by atoms with Gasteiger partial charge in [0.25, 0.3) is 0 Å². The Kier molecular flexibility index (Phi) is 26.0. The first-order valence-corrected chi connectivity index (χ1v) is 14.0. The van der Waals surface area contributed by atoms with Crippen LogP contribution in [0.4, 0.5) is 0 Å². The lowest BCUT2D eigenvalue weighted by atomic mass is 9.93. The van der Waals surface area contributed by atoms with Gasteiger partial charge in [-0.25, -0.2) is 0 Å². The van der Waals surface area contributed by atoms with Crippen LogP contribution in [0.2, 0.25) is 0 Å². The third-order valence-electron chi connectivity index (χ3n) is 6.74. The Morgan fingerprint density at radius 3 is 1.03 bits per heavy atom. The summed E-state index contributed by atoms with van der Waals surface area (Å²) in [6, 6.07) is 0. The van der Waals surface area contributed by atoms with E-state index in [1.807, 2.05) is 0 Å². The van der Waals surface area contributed by atoms with Gasteiger partial charge in [0.1, 0.15) is 0 Å². The molecule has 0 aliphatic rings. The Labute approximate surface area is 186 Å². The van der Waals surface area contributed by atoms with E-state index in [-0.39, 0.29) is 0 Å². The zero-order valence-electron chi connectivity index (χ0n) is 20.8. The van der Waals surface area contributed by atoms with Crippen LogP contribution < -0.4 is 5.73 Å². The minimum Gasteiger partial charge on any atom is -0.330 e. The third kappa shape index (κ3) is 24.1. The van der Waals surface area contributed by atoms with Crippen molar-refractivity contribution in [2.24, 2.45) is 11.7 Å². The van der Waals surface area contributed by atoms with Crippen LogP contribution in [0, 0.1) is 5.92 Å². The molecule has 0 rings (SSSR count). The van der Waals surface area contributed by atoms with Gasteiger partial charge in [-0.2, -0.15) is 0 Å². The van der Waals surface area contributed by atoms with Gasteiger partial charge in [-0.3, -0.25) is 0 Å². The minimum absolute atomic E-state index is 0.879. The standard InChI is InChI=1S/C28H59N/c1-3-5-6-7-8-9-10-11-12-13-14-15-16-17-18-19-20-21-22-23-25-28(24-4-2)26-27-29/h28H,3-27,29H2,1-2H3. The molecule has 1 unspecified atom stereocenters. The Hall–Kier alpha value is -0.0400. The van der Waals surface area contributed by atoms with Crippen molar-refractivity contribution in [1.82, 2.24) is 0 Å². The van der Waals surface area contributed by atoms with Crippen LogP contribution in [-0.4, -0.2) is 6.54 Å². The molecule has 0 heterocycles. The number of hydrogen-bond acceptors (Lipinski definition) is 1. The number of nitrogens with two attached hydrogens (primary N) is 1.